The summed E-state index contributed by atoms with van der Waals surface area (Å²) in [6.07, 6.45) is 6.74. The van der Waals surface area contributed by atoms with Gasteiger partial charge in [-0.1, -0.05) is 18.2 Å². The van der Waals surface area contributed by atoms with Crippen molar-refractivity contribution in [1.82, 2.24) is 10.2 Å². The van der Waals surface area contributed by atoms with Crippen molar-refractivity contribution in [3.05, 3.63) is 36.6 Å². The number of rotatable bonds is 4. The molecular formula is C15H24N2. The van der Waals surface area contributed by atoms with Crippen molar-refractivity contribution in [2.75, 3.05) is 20.1 Å². The fourth-order valence-electron chi connectivity index (χ4n) is 3.36. The molecule has 2 heterocycles. The monoisotopic (exact) mass is 232 g/mol. The van der Waals surface area contributed by atoms with E-state index in [4.69, 9.17) is 0 Å². The molecule has 2 rings (SSSR count). The third kappa shape index (κ3) is 2.32. The second kappa shape index (κ2) is 5.09. The van der Waals surface area contributed by atoms with E-state index in [-0.39, 0.29) is 0 Å². The lowest BCUT2D eigenvalue weighted by Crippen LogP contribution is -2.31. The first-order chi connectivity index (χ1) is 8.15. The van der Waals surface area contributed by atoms with Gasteiger partial charge >= 0.3 is 0 Å². The SMILES string of the molecule is C=CCC1C(C2CCNC2)=CN(C)C1C(=C)C. The lowest BCUT2D eigenvalue weighted by atomic mass is 9.81. The molecule has 1 saturated heterocycles. The molecule has 2 heteroatoms. The highest BCUT2D eigenvalue weighted by Crippen LogP contribution is 2.39. The molecule has 1 fully saturated rings. The predicted molar refractivity (Wildman–Crippen MR) is 73.7 cm³/mol. The maximum absolute atomic E-state index is 4.16. The zero-order valence-electron chi connectivity index (χ0n) is 11.1. The molecule has 0 aromatic rings. The van der Waals surface area contributed by atoms with Gasteiger partial charge in [-0.3, -0.25) is 0 Å². The van der Waals surface area contributed by atoms with E-state index in [1.807, 2.05) is 0 Å². The summed E-state index contributed by atoms with van der Waals surface area (Å²) in [7, 11) is 2.17. The second-order valence-corrected chi connectivity index (χ2v) is 5.41. The number of nitrogens with zero attached hydrogens (tertiary/aromatic N) is 1. The lowest BCUT2D eigenvalue weighted by molar-refractivity contribution is 0.331. The summed E-state index contributed by atoms with van der Waals surface area (Å²) in [4.78, 5) is 2.34. The Morgan fingerprint density at radius 2 is 2.41 bits per heavy atom. The van der Waals surface area contributed by atoms with E-state index in [1.54, 1.807) is 5.57 Å². The van der Waals surface area contributed by atoms with E-state index < -0.39 is 0 Å². The minimum atomic E-state index is 0.462. The number of nitrogens with one attached hydrogen (secondary N) is 1. The zero-order chi connectivity index (χ0) is 12.4. The fraction of sp³-hybridized carbons (Fsp3) is 0.600. The average Bonchev–Trinajstić information content (AvgIpc) is 2.86. The number of hydrogen-bond donors (Lipinski definition) is 1. The van der Waals surface area contributed by atoms with Crippen molar-refractivity contribution in [3.8, 4) is 0 Å². The van der Waals surface area contributed by atoms with Gasteiger partial charge in [0, 0.05) is 19.5 Å². The third-order valence-corrected chi connectivity index (χ3v) is 4.06. The smallest absolute Gasteiger partial charge is 0.0557 e. The molecule has 0 amide bonds. The fourth-order valence-corrected chi connectivity index (χ4v) is 3.36. The van der Waals surface area contributed by atoms with E-state index in [9.17, 15) is 0 Å². The van der Waals surface area contributed by atoms with Crippen LogP contribution in [-0.4, -0.2) is 31.1 Å². The van der Waals surface area contributed by atoms with Crippen molar-refractivity contribution in [1.29, 1.82) is 0 Å². The Bertz CT molecular complexity index is 337. The Hall–Kier alpha value is -1.02. The largest absolute Gasteiger partial charge is 0.373 e. The summed E-state index contributed by atoms with van der Waals surface area (Å²) in [5.74, 6) is 1.30. The molecule has 0 radical (unpaired) electrons. The molecule has 2 nitrogen and oxygen atoms in total. The Kier molecular flexibility index (Phi) is 3.72. The van der Waals surface area contributed by atoms with Gasteiger partial charge in [-0.2, -0.15) is 0 Å². The molecule has 0 saturated carbocycles. The Morgan fingerprint density at radius 1 is 1.65 bits per heavy atom. The number of hydrogen-bond acceptors (Lipinski definition) is 2. The summed E-state index contributed by atoms with van der Waals surface area (Å²) in [5.41, 5.74) is 2.86. The molecule has 3 unspecified atom stereocenters. The molecule has 0 bridgehead atoms. The molecular weight excluding hydrogens is 208 g/mol. The quantitative estimate of drug-likeness (QED) is 0.749. The van der Waals surface area contributed by atoms with Crippen LogP contribution in [0, 0.1) is 11.8 Å². The number of allylic oxidation sites excluding steroid dienone is 1. The normalized spacial score (nSPS) is 32.7. The highest BCUT2D eigenvalue weighted by atomic mass is 15.1. The molecule has 3 atom stereocenters. The van der Waals surface area contributed by atoms with E-state index in [0.717, 1.165) is 19.5 Å². The lowest BCUT2D eigenvalue weighted by Gasteiger charge is -2.28. The molecule has 1 N–H and O–H groups in total. The molecule has 0 aliphatic carbocycles. The first kappa shape index (κ1) is 12.4. The van der Waals surface area contributed by atoms with Crippen LogP contribution in [0.5, 0.6) is 0 Å². The van der Waals surface area contributed by atoms with Crippen LogP contribution >= 0.6 is 0 Å². The summed E-state index contributed by atoms with van der Waals surface area (Å²) in [6.45, 7) is 12.5. The van der Waals surface area contributed by atoms with Gasteiger partial charge in [-0.25, -0.2) is 0 Å². The van der Waals surface area contributed by atoms with Gasteiger partial charge in [0.2, 0.25) is 0 Å². The molecule has 0 aromatic carbocycles. The van der Waals surface area contributed by atoms with Crippen LogP contribution < -0.4 is 5.32 Å². The highest BCUT2D eigenvalue weighted by Gasteiger charge is 2.37. The second-order valence-electron chi connectivity index (χ2n) is 5.41. The van der Waals surface area contributed by atoms with Gasteiger partial charge in [0.15, 0.2) is 0 Å². The van der Waals surface area contributed by atoms with E-state index in [2.05, 4.69) is 49.6 Å². The summed E-state index contributed by atoms with van der Waals surface area (Å²) >= 11 is 0. The minimum absolute atomic E-state index is 0.462. The summed E-state index contributed by atoms with van der Waals surface area (Å²) < 4.78 is 0. The van der Waals surface area contributed by atoms with Crippen molar-refractivity contribution in [3.63, 3.8) is 0 Å². The topological polar surface area (TPSA) is 15.3 Å². The Balaban J connectivity index is 2.21. The van der Waals surface area contributed by atoms with Crippen LogP contribution in [0.2, 0.25) is 0 Å². The van der Waals surface area contributed by atoms with Crippen molar-refractivity contribution in [2.24, 2.45) is 11.8 Å². The maximum Gasteiger partial charge on any atom is 0.0557 e. The predicted octanol–water partition coefficient (Wildman–Crippen LogP) is 2.56. The molecule has 94 valence electrons. The van der Waals surface area contributed by atoms with Crippen molar-refractivity contribution in [2.45, 2.75) is 25.8 Å². The van der Waals surface area contributed by atoms with Crippen molar-refractivity contribution >= 4 is 0 Å². The zero-order valence-corrected chi connectivity index (χ0v) is 11.1. The molecule has 2 aliphatic heterocycles. The number of likely N-dealkylation sites (N-methyl/N-ethyl adjacent to an activating group) is 1. The Morgan fingerprint density at radius 3 is 2.94 bits per heavy atom. The summed E-state index contributed by atoms with van der Waals surface area (Å²) in [5, 5.41) is 3.46. The first-order valence-electron chi connectivity index (χ1n) is 6.55. The van der Waals surface area contributed by atoms with Crippen LogP contribution in [0.25, 0.3) is 0 Å². The van der Waals surface area contributed by atoms with Gasteiger partial charge in [0.1, 0.15) is 0 Å². The van der Waals surface area contributed by atoms with Crippen LogP contribution in [0.1, 0.15) is 19.8 Å². The van der Waals surface area contributed by atoms with E-state index in [0.29, 0.717) is 17.9 Å². The van der Waals surface area contributed by atoms with Crippen LogP contribution in [0.15, 0.2) is 36.6 Å². The maximum atomic E-state index is 4.16. The van der Waals surface area contributed by atoms with Gasteiger partial charge in [0.05, 0.1) is 6.04 Å². The van der Waals surface area contributed by atoms with E-state index in [1.165, 1.54) is 12.0 Å². The molecule has 0 aromatic heterocycles. The average molecular weight is 232 g/mol. The van der Waals surface area contributed by atoms with Crippen LogP contribution in [-0.2, 0) is 0 Å². The standard InChI is InChI=1S/C15H24N2/c1-5-6-13-14(12-7-8-16-9-12)10-17(4)15(13)11(2)3/h5,10,12-13,15-16H,1-2,6-9H2,3-4H3. The molecule has 2 aliphatic rings. The minimum Gasteiger partial charge on any atom is -0.373 e. The van der Waals surface area contributed by atoms with E-state index >= 15 is 0 Å². The third-order valence-electron chi connectivity index (χ3n) is 4.06. The van der Waals surface area contributed by atoms with Gasteiger partial charge in [-0.15, -0.1) is 6.58 Å². The van der Waals surface area contributed by atoms with Crippen LogP contribution in [0.3, 0.4) is 0 Å². The Labute approximate surface area is 105 Å². The first-order valence-corrected chi connectivity index (χ1v) is 6.55. The van der Waals surface area contributed by atoms with Gasteiger partial charge in [-0.05, 0) is 44.0 Å². The molecule has 17 heavy (non-hydrogen) atoms. The van der Waals surface area contributed by atoms with Crippen molar-refractivity contribution < 1.29 is 0 Å². The summed E-state index contributed by atoms with van der Waals surface area (Å²) in [6, 6.07) is 0.462. The van der Waals surface area contributed by atoms with Gasteiger partial charge in [0.25, 0.3) is 0 Å². The molecule has 0 spiro atoms. The highest BCUT2D eigenvalue weighted by molar-refractivity contribution is 5.27. The van der Waals surface area contributed by atoms with Crippen LogP contribution in [0.4, 0.5) is 0 Å². The van der Waals surface area contributed by atoms with Gasteiger partial charge < -0.3 is 10.2 Å².